The molecule has 0 unspecified atom stereocenters. The third kappa shape index (κ3) is 5.88. The molecule has 4 nitrogen and oxygen atoms in total. The van der Waals surface area contributed by atoms with Crippen molar-refractivity contribution >= 4 is 29.1 Å². The van der Waals surface area contributed by atoms with Crippen LogP contribution in [-0.4, -0.2) is 28.4 Å². The summed E-state index contributed by atoms with van der Waals surface area (Å²) in [5.41, 5.74) is 2.99. The van der Waals surface area contributed by atoms with E-state index in [0.717, 1.165) is 22.5 Å². The number of anilines is 1. The van der Waals surface area contributed by atoms with Gasteiger partial charge in [-0.3, -0.25) is 4.79 Å². The Labute approximate surface area is 140 Å². The van der Waals surface area contributed by atoms with Gasteiger partial charge in [-0.2, -0.15) is 11.8 Å². The van der Waals surface area contributed by atoms with Crippen LogP contribution < -0.4 is 5.32 Å². The number of benzene rings is 1. The molecule has 0 saturated carbocycles. The molecule has 0 saturated heterocycles. The number of carbonyl (C=O) groups is 1. The predicted octanol–water partition coefficient (Wildman–Crippen LogP) is 3.35. The third-order valence-electron chi connectivity index (χ3n) is 3.16. The highest BCUT2D eigenvalue weighted by atomic mass is 32.2. The topological polar surface area (TPSA) is 62.2 Å². The second-order valence-electron chi connectivity index (χ2n) is 5.01. The SMILES string of the molecule is C/C(=C/C(=O)Nc1cc(CSCCO)ccn1)c1ccccc1. The summed E-state index contributed by atoms with van der Waals surface area (Å²) in [6.45, 7) is 2.08. The maximum atomic E-state index is 12.1. The Kier molecular flexibility index (Phi) is 6.84. The number of hydrogen-bond acceptors (Lipinski definition) is 4. The van der Waals surface area contributed by atoms with Crippen LogP contribution in [0.25, 0.3) is 5.57 Å². The van der Waals surface area contributed by atoms with Crippen LogP contribution in [-0.2, 0) is 10.5 Å². The molecular formula is C18H20N2O2S. The Balaban J connectivity index is 1.98. The summed E-state index contributed by atoms with van der Waals surface area (Å²) in [6, 6.07) is 13.5. The summed E-state index contributed by atoms with van der Waals surface area (Å²) in [5, 5.41) is 11.6. The molecule has 0 bridgehead atoms. The number of hydrogen-bond donors (Lipinski definition) is 2. The lowest BCUT2D eigenvalue weighted by Crippen LogP contribution is -2.10. The van der Waals surface area contributed by atoms with Gasteiger partial charge >= 0.3 is 0 Å². The number of aliphatic hydroxyl groups is 1. The predicted molar refractivity (Wildman–Crippen MR) is 96.2 cm³/mol. The molecule has 0 atom stereocenters. The molecule has 1 aromatic heterocycles. The van der Waals surface area contributed by atoms with E-state index in [9.17, 15) is 4.79 Å². The number of nitrogens with zero attached hydrogens (tertiary/aromatic N) is 1. The van der Waals surface area contributed by atoms with Gasteiger partial charge in [-0.1, -0.05) is 30.3 Å². The quantitative estimate of drug-likeness (QED) is 0.604. The second kappa shape index (κ2) is 9.12. The average Bonchev–Trinajstić information content (AvgIpc) is 2.56. The van der Waals surface area contributed by atoms with Gasteiger partial charge < -0.3 is 10.4 Å². The van der Waals surface area contributed by atoms with Crippen LogP contribution in [0, 0.1) is 0 Å². The van der Waals surface area contributed by atoms with E-state index in [2.05, 4.69) is 10.3 Å². The lowest BCUT2D eigenvalue weighted by atomic mass is 10.1. The molecule has 0 aliphatic rings. The highest BCUT2D eigenvalue weighted by molar-refractivity contribution is 7.98. The van der Waals surface area contributed by atoms with Gasteiger partial charge in [0.2, 0.25) is 5.91 Å². The molecule has 2 aromatic rings. The highest BCUT2D eigenvalue weighted by Gasteiger charge is 2.03. The van der Waals surface area contributed by atoms with Gasteiger partial charge in [0.15, 0.2) is 0 Å². The van der Waals surface area contributed by atoms with Gasteiger partial charge in [0, 0.05) is 23.8 Å². The van der Waals surface area contributed by atoms with Gasteiger partial charge in [0.1, 0.15) is 5.82 Å². The summed E-state index contributed by atoms with van der Waals surface area (Å²) in [7, 11) is 0. The van der Waals surface area contributed by atoms with Crippen LogP contribution in [0.15, 0.2) is 54.7 Å². The number of amides is 1. The molecule has 0 radical (unpaired) electrons. The lowest BCUT2D eigenvalue weighted by Gasteiger charge is -2.06. The first-order valence-corrected chi connectivity index (χ1v) is 8.53. The average molecular weight is 328 g/mol. The molecule has 0 aliphatic heterocycles. The lowest BCUT2D eigenvalue weighted by molar-refractivity contribution is -0.111. The van der Waals surface area contributed by atoms with Crippen LogP contribution in [0.2, 0.25) is 0 Å². The van der Waals surface area contributed by atoms with E-state index in [0.29, 0.717) is 11.6 Å². The minimum Gasteiger partial charge on any atom is -0.396 e. The van der Waals surface area contributed by atoms with Crippen molar-refractivity contribution in [3.05, 3.63) is 65.9 Å². The van der Waals surface area contributed by atoms with E-state index < -0.39 is 0 Å². The standard InChI is InChI=1S/C18H20N2O2S/c1-14(16-5-3-2-4-6-16)11-18(22)20-17-12-15(7-8-19-17)13-23-10-9-21/h2-8,11-12,21H,9-10,13H2,1H3,(H,19,20,22)/b14-11-. The zero-order valence-electron chi connectivity index (χ0n) is 13.0. The molecule has 1 aromatic carbocycles. The number of pyridine rings is 1. The van der Waals surface area contributed by atoms with Crippen LogP contribution in [0.3, 0.4) is 0 Å². The number of thioether (sulfide) groups is 1. The summed E-state index contributed by atoms with van der Waals surface area (Å²) in [5.74, 6) is 1.82. The Hall–Kier alpha value is -2.11. The van der Waals surface area contributed by atoms with Crippen molar-refractivity contribution in [2.45, 2.75) is 12.7 Å². The Morgan fingerprint density at radius 1 is 1.30 bits per heavy atom. The smallest absolute Gasteiger partial charge is 0.249 e. The minimum atomic E-state index is -0.195. The molecule has 120 valence electrons. The van der Waals surface area contributed by atoms with E-state index in [1.165, 1.54) is 0 Å². The first-order chi connectivity index (χ1) is 11.2. The largest absolute Gasteiger partial charge is 0.396 e. The highest BCUT2D eigenvalue weighted by Crippen LogP contribution is 2.16. The van der Waals surface area contributed by atoms with Crippen molar-refractivity contribution in [1.29, 1.82) is 0 Å². The van der Waals surface area contributed by atoms with E-state index in [1.807, 2.05) is 49.4 Å². The summed E-state index contributed by atoms with van der Waals surface area (Å²) in [4.78, 5) is 16.3. The van der Waals surface area contributed by atoms with E-state index >= 15 is 0 Å². The summed E-state index contributed by atoms with van der Waals surface area (Å²) < 4.78 is 0. The maximum absolute atomic E-state index is 12.1. The molecule has 0 fully saturated rings. The zero-order valence-corrected chi connectivity index (χ0v) is 13.8. The minimum absolute atomic E-state index is 0.170. The van der Waals surface area contributed by atoms with Gasteiger partial charge in [-0.15, -0.1) is 0 Å². The Bertz CT molecular complexity index is 672. The van der Waals surface area contributed by atoms with Crippen molar-refractivity contribution in [2.75, 3.05) is 17.7 Å². The monoisotopic (exact) mass is 328 g/mol. The van der Waals surface area contributed by atoms with Crippen LogP contribution >= 0.6 is 11.8 Å². The molecule has 5 heteroatoms. The van der Waals surface area contributed by atoms with Crippen molar-refractivity contribution in [1.82, 2.24) is 4.98 Å². The Morgan fingerprint density at radius 2 is 2.09 bits per heavy atom. The van der Waals surface area contributed by atoms with Gasteiger partial charge in [-0.05, 0) is 35.8 Å². The number of nitrogens with one attached hydrogen (secondary N) is 1. The second-order valence-corrected chi connectivity index (χ2v) is 6.11. The number of aromatic nitrogens is 1. The molecule has 1 amide bonds. The molecule has 1 heterocycles. The fraction of sp³-hybridized carbons (Fsp3) is 0.222. The molecule has 23 heavy (non-hydrogen) atoms. The number of rotatable bonds is 7. The van der Waals surface area contributed by atoms with Crippen molar-refractivity contribution in [2.24, 2.45) is 0 Å². The van der Waals surface area contributed by atoms with E-state index in [1.54, 1.807) is 24.0 Å². The molecule has 2 N–H and O–H groups in total. The number of aliphatic hydroxyl groups excluding tert-OH is 1. The van der Waals surface area contributed by atoms with E-state index in [4.69, 9.17) is 5.11 Å². The van der Waals surface area contributed by atoms with Crippen molar-refractivity contribution < 1.29 is 9.90 Å². The van der Waals surface area contributed by atoms with Gasteiger partial charge in [-0.25, -0.2) is 4.98 Å². The number of carbonyl (C=O) groups excluding carboxylic acids is 1. The van der Waals surface area contributed by atoms with Gasteiger partial charge in [0.25, 0.3) is 0 Å². The molecule has 2 rings (SSSR count). The van der Waals surface area contributed by atoms with Crippen LogP contribution in [0.4, 0.5) is 5.82 Å². The number of allylic oxidation sites excluding steroid dienone is 1. The Morgan fingerprint density at radius 3 is 2.83 bits per heavy atom. The van der Waals surface area contributed by atoms with Crippen molar-refractivity contribution in [3.63, 3.8) is 0 Å². The first kappa shape index (κ1) is 17.2. The third-order valence-corrected chi connectivity index (χ3v) is 4.17. The first-order valence-electron chi connectivity index (χ1n) is 7.37. The fourth-order valence-electron chi connectivity index (χ4n) is 2.03. The molecule has 0 spiro atoms. The maximum Gasteiger partial charge on any atom is 0.249 e. The van der Waals surface area contributed by atoms with Crippen molar-refractivity contribution in [3.8, 4) is 0 Å². The van der Waals surface area contributed by atoms with Gasteiger partial charge in [0.05, 0.1) is 6.61 Å². The van der Waals surface area contributed by atoms with Crippen LogP contribution in [0.1, 0.15) is 18.1 Å². The summed E-state index contributed by atoms with van der Waals surface area (Å²) >= 11 is 1.64. The fourth-order valence-corrected chi connectivity index (χ4v) is 2.72. The molecule has 0 aliphatic carbocycles. The normalized spacial score (nSPS) is 11.3. The summed E-state index contributed by atoms with van der Waals surface area (Å²) in [6.07, 6.45) is 3.25. The van der Waals surface area contributed by atoms with E-state index in [-0.39, 0.29) is 12.5 Å². The van der Waals surface area contributed by atoms with Crippen LogP contribution in [0.5, 0.6) is 0 Å². The zero-order chi connectivity index (χ0) is 16.5. The molecular weight excluding hydrogens is 308 g/mol.